The lowest BCUT2D eigenvalue weighted by Crippen LogP contribution is -2.33. The van der Waals surface area contributed by atoms with Crippen LogP contribution in [0.15, 0.2) is 28.6 Å². The highest BCUT2D eigenvalue weighted by molar-refractivity contribution is 7.89. The molecule has 2 aromatic rings. The van der Waals surface area contributed by atoms with Crippen molar-refractivity contribution in [2.75, 3.05) is 12.4 Å². The third kappa shape index (κ3) is 4.14. The largest absolute Gasteiger partial charge is 0.495 e. The molecule has 0 unspecified atom stereocenters. The zero-order valence-electron chi connectivity index (χ0n) is 13.6. The van der Waals surface area contributed by atoms with E-state index in [0.29, 0.717) is 5.13 Å². The van der Waals surface area contributed by atoms with E-state index in [0.717, 1.165) is 25.7 Å². The topological polar surface area (TPSA) is 110 Å². The van der Waals surface area contributed by atoms with Crippen molar-refractivity contribution in [3.8, 4) is 5.75 Å². The summed E-state index contributed by atoms with van der Waals surface area (Å²) in [6, 6.07) is 4.21. The highest BCUT2D eigenvalue weighted by Crippen LogP contribution is 2.27. The molecule has 1 saturated carbocycles. The summed E-state index contributed by atoms with van der Waals surface area (Å²) in [4.78, 5) is 12.3. The van der Waals surface area contributed by atoms with Crippen LogP contribution in [0.3, 0.4) is 0 Å². The maximum Gasteiger partial charge on any atom is 0.257 e. The van der Waals surface area contributed by atoms with Gasteiger partial charge in [0.15, 0.2) is 0 Å². The van der Waals surface area contributed by atoms with E-state index in [2.05, 4.69) is 20.2 Å². The molecule has 25 heavy (non-hydrogen) atoms. The van der Waals surface area contributed by atoms with Crippen LogP contribution in [0.1, 0.15) is 36.0 Å². The number of rotatable bonds is 6. The molecule has 0 aliphatic heterocycles. The van der Waals surface area contributed by atoms with Crippen LogP contribution in [0.2, 0.25) is 0 Å². The SMILES string of the molecule is COc1ccc(C(=O)Nc2nncs2)cc1S(=O)(=O)NC1CCCC1. The Balaban J connectivity index is 1.87. The van der Waals surface area contributed by atoms with Gasteiger partial charge in [0.1, 0.15) is 16.2 Å². The third-order valence-electron chi connectivity index (χ3n) is 3.97. The smallest absolute Gasteiger partial charge is 0.257 e. The highest BCUT2D eigenvalue weighted by atomic mass is 32.2. The van der Waals surface area contributed by atoms with E-state index in [4.69, 9.17) is 4.74 Å². The summed E-state index contributed by atoms with van der Waals surface area (Å²) in [6.07, 6.45) is 3.65. The molecule has 3 rings (SSSR count). The minimum Gasteiger partial charge on any atom is -0.495 e. The molecule has 1 fully saturated rings. The first kappa shape index (κ1) is 17.8. The maximum atomic E-state index is 12.7. The molecule has 1 aliphatic carbocycles. The molecule has 0 saturated heterocycles. The van der Waals surface area contributed by atoms with Gasteiger partial charge in [-0.15, -0.1) is 10.2 Å². The van der Waals surface area contributed by atoms with Gasteiger partial charge in [-0.1, -0.05) is 24.2 Å². The number of sulfonamides is 1. The van der Waals surface area contributed by atoms with Gasteiger partial charge < -0.3 is 4.74 Å². The predicted octanol–water partition coefficient (Wildman–Crippen LogP) is 2.02. The Morgan fingerprint density at radius 1 is 1.32 bits per heavy atom. The lowest BCUT2D eigenvalue weighted by atomic mass is 10.2. The van der Waals surface area contributed by atoms with Crippen molar-refractivity contribution in [2.45, 2.75) is 36.6 Å². The van der Waals surface area contributed by atoms with E-state index < -0.39 is 15.9 Å². The van der Waals surface area contributed by atoms with Crippen LogP contribution in [0, 0.1) is 0 Å². The average Bonchev–Trinajstić information content (AvgIpc) is 3.28. The summed E-state index contributed by atoms with van der Waals surface area (Å²) in [7, 11) is -2.39. The van der Waals surface area contributed by atoms with E-state index in [9.17, 15) is 13.2 Å². The predicted molar refractivity (Wildman–Crippen MR) is 93.4 cm³/mol. The minimum absolute atomic E-state index is 0.0492. The van der Waals surface area contributed by atoms with Crippen molar-refractivity contribution < 1.29 is 17.9 Å². The zero-order valence-corrected chi connectivity index (χ0v) is 15.2. The molecule has 1 amide bonds. The van der Waals surface area contributed by atoms with Gasteiger partial charge in [-0.2, -0.15) is 0 Å². The van der Waals surface area contributed by atoms with Crippen molar-refractivity contribution in [1.82, 2.24) is 14.9 Å². The van der Waals surface area contributed by atoms with Crippen molar-refractivity contribution >= 4 is 32.4 Å². The lowest BCUT2D eigenvalue weighted by molar-refractivity contribution is 0.102. The van der Waals surface area contributed by atoms with Gasteiger partial charge >= 0.3 is 0 Å². The summed E-state index contributed by atoms with van der Waals surface area (Å²) in [5.74, 6) is -0.269. The number of carbonyl (C=O) groups is 1. The number of amides is 1. The molecular formula is C15H18N4O4S2. The first-order valence-electron chi connectivity index (χ1n) is 7.77. The van der Waals surface area contributed by atoms with Crippen LogP contribution in [-0.4, -0.2) is 37.7 Å². The Kier molecular flexibility index (Phi) is 5.30. The summed E-state index contributed by atoms with van der Waals surface area (Å²) >= 11 is 1.18. The molecule has 1 aliphatic rings. The van der Waals surface area contributed by atoms with E-state index in [-0.39, 0.29) is 22.3 Å². The molecule has 0 bridgehead atoms. The van der Waals surface area contributed by atoms with Gasteiger partial charge in [-0.25, -0.2) is 13.1 Å². The number of nitrogens with zero attached hydrogens (tertiary/aromatic N) is 2. The first-order valence-corrected chi connectivity index (χ1v) is 10.1. The van der Waals surface area contributed by atoms with Crippen molar-refractivity contribution in [2.24, 2.45) is 0 Å². The first-order chi connectivity index (χ1) is 12.0. The Bertz CT molecular complexity index is 846. The quantitative estimate of drug-likeness (QED) is 0.791. The standard InChI is InChI=1S/C15H18N4O4S2/c1-23-12-7-6-10(14(20)17-15-18-16-9-24-15)8-13(12)25(21,22)19-11-4-2-3-5-11/h6-9,11,19H,2-5H2,1H3,(H,17,18,20). The summed E-state index contributed by atoms with van der Waals surface area (Å²) in [5.41, 5.74) is 1.69. The number of nitrogens with one attached hydrogen (secondary N) is 2. The van der Waals surface area contributed by atoms with Gasteiger partial charge in [0.25, 0.3) is 5.91 Å². The third-order valence-corrected chi connectivity index (χ3v) is 6.12. The fraction of sp³-hybridized carbons (Fsp3) is 0.400. The molecular weight excluding hydrogens is 364 g/mol. The number of aromatic nitrogens is 2. The Morgan fingerprint density at radius 3 is 2.72 bits per heavy atom. The molecule has 2 N–H and O–H groups in total. The molecule has 0 spiro atoms. The molecule has 10 heteroatoms. The minimum atomic E-state index is -3.78. The maximum absolute atomic E-state index is 12.7. The Morgan fingerprint density at radius 2 is 2.08 bits per heavy atom. The van der Waals surface area contributed by atoms with Gasteiger partial charge in [0, 0.05) is 11.6 Å². The number of hydrogen-bond acceptors (Lipinski definition) is 7. The molecule has 1 heterocycles. The van der Waals surface area contributed by atoms with Gasteiger partial charge in [-0.3, -0.25) is 10.1 Å². The summed E-state index contributed by atoms with van der Waals surface area (Å²) in [5, 5.41) is 10.3. The molecule has 1 aromatic heterocycles. The second-order valence-corrected chi connectivity index (χ2v) is 8.18. The molecule has 0 radical (unpaired) electrons. The summed E-state index contributed by atoms with van der Waals surface area (Å²) in [6.45, 7) is 0. The number of benzene rings is 1. The van der Waals surface area contributed by atoms with Crippen LogP contribution < -0.4 is 14.8 Å². The van der Waals surface area contributed by atoms with E-state index >= 15 is 0 Å². The van der Waals surface area contributed by atoms with Crippen molar-refractivity contribution in [3.63, 3.8) is 0 Å². The number of carbonyl (C=O) groups excluding carboxylic acids is 1. The second-order valence-electron chi connectivity index (χ2n) is 5.67. The normalized spacial score (nSPS) is 15.2. The number of ether oxygens (including phenoxy) is 1. The lowest BCUT2D eigenvalue weighted by Gasteiger charge is -2.15. The van der Waals surface area contributed by atoms with Crippen LogP contribution in [0.4, 0.5) is 5.13 Å². The van der Waals surface area contributed by atoms with Crippen LogP contribution >= 0.6 is 11.3 Å². The Labute approximate surface area is 149 Å². The van der Waals surface area contributed by atoms with E-state index in [1.807, 2.05) is 0 Å². The van der Waals surface area contributed by atoms with Crippen molar-refractivity contribution in [3.05, 3.63) is 29.3 Å². The molecule has 8 nitrogen and oxygen atoms in total. The van der Waals surface area contributed by atoms with Crippen molar-refractivity contribution in [1.29, 1.82) is 0 Å². The highest BCUT2D eigenvalue weighted by Gasteiger charge is 2.26. The van der Waals surface area contributed by atoms with E-state index in [1.54, 1.807) is 0 Å². The fourth-order valence-electron chi connectivity index (χ4n) is 2.75. The zero-order chi connectivity index (χ0) is 17.9. The second kappa shape index (κ2) is 7.46. The Hall–Kier alpha value is -2.04. The molecule has 134 valence electrons. The van der Waals surface area contributed by atoms with Gasteiger partial charge in [0.2, 0.25) is 15.2 Å². The summed E-state index contributed by atoms with van der Waals surface area (Å²) < 4.78 is 33.3. The number of hydrogen-bond donors (Lipinski definition) is 2. The van der Waals surface area contributed by atoms with Gasteiger partial charge in [-0.05, 0) is 31.0 Å². The van der Waals surface area contributed by atoms with Crippen LogP contribution in [0.5, 0.6) is 5.75 Å². The van der Waals surface area contributed by atoms with Gasteiger partial charge in [0.05, 0.1) is 7.11 Å². The fourth-order valence-corrected chi connectivity index (χ4v) is 4.69. The number of methoxy groups -OCH3 is 1. The molecule has 0 atom stereocenters. The number of anilines is 1. The van der Waals surface area contributed by atoms with E-state index in [1.165, 1.54) is 42.2 Å². The average molecular weight is 382 g/mol. The van der Waals surface area contributed by atoms with Crippen LogP contribution in [-0.2, 0) is 10.0 Å². The van der Waals surface area contributed by atoms with Crippen LogP contribution in [0.25, 0.3) is 0 Å². The monoisotopic (exact) mass is 382 g/mol. The molecule has 1 aromatic carbocycles.